The summed E-state index contributed by atoms with van der Waals surface area (Å²) in [6.07, 6.45) is 3.20. The minimum atomic E-state index is -0.735. The van der Waals surface area contributed by atoms with Crippen LogP contribution in [0.3, 0.4) is 0 Å². The summed E-state index contributed by atoms with van der Waals surface area (Å²) in [7, 11) is 0. The van der Waals surface area contributed by atoms with Gasteiger partial charge in [0.25, 0.3) is 0 Å². The minimum Gasteiger partial charge on any atom is -0.363 e. The SMILES string of the molecule is CC(C)/C(=N\C=C\F)C(C)(C)OC1CN(C(=O)N2N=CC[C@H]2c2cc(F)cc(F)c2)C1. The average molecular weight is 436 g/mol. The summed E-state index contributed by atoms with van der Waals surface area (Å²) in [6, 6.07) is 2.32. The summed E-state index contributed by atoms with van der Waals surface area (Å²) in [5, 5.41) is 5.36. The average Bonchev–Trinajstić information content (AvgIpc) is 3.13. The van der Waals surface area contributed by atoms with Crippen LogP contribution in [-0.2, 0) is 4.74 Å². The summed E-state index contributed by atoms with van der Waals surface area (Å²) in [5.74, 6) is -1.34. The zero-order valence-electron chi connectivity index (χ0n) is 18.1. The molecule has 168 valence electrons. The highest BCUT2D eigenvalue weighted by Crippen LogP contribution is 2.32. The Labute approximate surface area is 180 Å². The molecule has 1 fully saturated rings. The highest BCUT2D eigenvalue weighted by Gasteiger charge is 2.41. The normalized spacial score (nSPS) is 20.3. The first-order valence-electron chi connectivity index (χ1n) is 10.2. The van der Waals surface area contributed by atoms with Gasteiger partial charge in [0.1, 0.15) is 23.6 Å². The molecule has 1 atom stereocenters. The zero-order valence-corrected chi connectivity index (χ0v) is 18.1. The van der Waals surface area contributed by atoms with Crippen molar-refractivity contribution < 1.29 is 22.7 Å². The monoisotopic (exact) mass is 436 g/mol. The largest absolute Gasteiger partial charge is 0.363 e. The van der Waals surface area contributed by atoms with Gasteiger partial charge in [0, 0.05) is 18.7 Å². The van der Waals surface area contributed by atoms with Crippen LogP contribution in [-0.4, -0.2) is 52.7 Å². The van der Waals surface area contributed by atoms with E-state index in [0.29, 0.717) is 37.1 Å². The standard InChI is InChI=1S/C22H27F3N4O2/c1-14(2)20(26-8-6-23)22(3,4)31-18-12-28(13-18)21(30)29-19(5-7-27-29)15-9-16(24)11-17(25)10-15/h6-11,14,18-19H,5,12-13H2,1-4H3/b8-6+,26-20+/t19-/m0/s1. The molecule has 2 aliphatic heterocycles. The lowest BCUT2D eigenvalue weighted by molar-refractivity contribution is -0.0941. The summed E-state index contributed by atoms with van der Waals surface area (Å²) in [4.78, 5) is 18.6. The van der Waals surface area contributed by atoms with E-state index in [1.54, 1.807) is 11.1 Å². The number of halogens is 3. The maximum atomic E-state index is 13.6. The van der Waals surface area contributed by atoms with E-state index in [4.69, 9.17) is 4.74 Å². The van der Waals surface area contributed by atoms with Crippen LogP contribution in [0.1, 0.15) is 45.7 Å². The van der Waals surface area contributed by atoms with E-state index in [-0.39, 0.29) is 18.1 Å². The molecule has 31 heavy (non-hydrogen) atoms. The van der Waals surface area contributed by atoms with Crippen LogP contribution in [0.15, 0.2) is 40.8 Å². The van der Waals surface area contributed by atoms with Crippen LogP contribution in [0.25, 0.3) is 0 Å². The summed E-state index contributed by atoms with van der Waals surface area (Å²) >= 11 is 0. The van der Waals surface area contributed by atoms with Gasteiger partial charge >= 0.3 is 6.03 Å². The van der Waals surface area contributed by atoms with Crippen molar-refractivity contribution in [1.82, 2.24) is 9.91 Å². The third kappa shape index (κ3) is 5.15. The van der Waals surface area contributed by atoms with Crippen molar-refractivity contribution in [3.63, 3.8) is 0 Å². The van der Waals surface area contributed by atoms with Gasteiger partial charge in [0.05, 0.1) is 37.1 Å². The van der Waals surface area contributed by atoms with Crippen LogP contribution in [0, 0.1) is 17.6 Å². The van der Waals surface area contributed by atoms with Gasteiger partial charge in [-0.25, -0.2) is 23.0 Å². The fourth-order valence-corrected chi connectivity index (χ4v) is 4.04. The van der Waals surface area contributed by atoms with Crippen LogP contribution in [0.4, 0.5) is 18.0 Å². The molecule has 0 unspecified atom stereocenters. The number of amides is 2. The molecule has 0 aromatic heterocycles. The number of hydrazone groups is 1. The molecular formula is C22H27F3N4O2. The van der Waals surface area contributed by atoms with E-state index in [2.05, 4.69) is 10.1 Å². The number of urea groups is 1. The van der Waals surface area contributed by atoms with E-state index in [1.807, 2.05) is 27.7 Å². The smallest absolute Gasteiger partial charge is 0.341 e. The maximum absolute atomic E-state index is 13.6. The molecular weight excluding hydrogens is 409 g/mol. The molecule has 0 saturated carbocycles. The fraction of sp³-hybridized carbons (Fsp3) is 0.500. The Morgan fingerprint density at radius 3 is 2.48 bits per heavy atom. The first kappa shape index (κ1) is 23.0. The number of hydrogen-bond donors (Lipinski definition) is 0. The number of benzene rings is 1. The van der Waals surface area contributed by atoms with Crippen molar-refractivity contribution in [2.24, 2.45) is 16.0 Å². The number of rotatable bonds is 6. The Bertz CT molecular complexity index is 888. The molecule has 0 aliphatic carbocycles. The molecule has 1 aromatic rings. The van der Waals surface area contributed by atoms with E-state index in [0.717, 1.165) is 12.3 Å². The van der Waals surface area contributed by atoms with Gasteiger partial charge < -0.3 is 9.64 Å². The van der Waals surface area contributed by atoms with Crippen molar-refractivity contribution in [3.8, 4) is 0 Å². The quantitative estimate of drug-likeness (QED) is 0.600. The summed E-state index contributed by atoms with van der Waals surface area (Å²) in [5.41, 5.74) is 0.320. The molecule has 9 heteroatoms. The third-order valence-corrected chi connectivity index (χ3v) is 5.31. The lowest BCUT2D eigenvalue weighted by Gasteiger charge is -2.44. The second kappa shape index (κ2) is 9.21. The number of likely N-dealkylation sites (tertiary alicyclic amines) is 1. The van der Waals surface area contributed by atoms with Crippen LogP contribution in [0.2, 0.25) is 0 Å². The van der Waals surface area contributed by atoms with Crippen molar-refractivity contribution in [2.75, 3.05) is 13.1 Å². The zero-order chi connectivity index (χ0) is 22.8. The lowest BCUT2D eigenvalue weighted by atomic mass is 9.92. The van der Waals surface area contributed by atoms with Gasteiger partial charge in [-0.15, -0.1) is 0 Å². The number of nitrogens with zero attached hydrogens (tertiary/aromatic N) is 4. The fourth-order valence-electron chi connectivity index (χ4n) is 4.04. The van der Waals surface area contributed by atoms with Crippen molar-refractivity contribution >= 4 is 18.0 Å². The minimum absolute atomic E-state index is 0.0513. The lowest BCUT2D eigenvalue weighted by Crippen LogP contribution is -2.60. The van der Waals surface area contributed by atoms with Gasteiger partial charge in [-0.3, -0.25) is 4.99 Å². The third-order valence-electron chi connectivity index (χ3n) is 5.31. The molecule has 3 rings (SSSR count). The molecule has 0 spiro atoms. The van der Waals surface area contributed by atoms with Crippen molar-refractivity contribution in [2.45, 2.75) is 51.9 Å². The second-order valence-electron chi connectivity index (χ2n) is 8.48. The predicted molar refractivity (Wildman–Crippen MR) is 112 cm³/mol. The number of carbonyl (C=O) groups is 1. The topological polar surface area (TPSA) is 57.5 Å². The Hall–Kier alpha value is -2.68. The molecule has 2 amide bonds. The first-order valence-corrected chi connectivity index (χ1v) is 10.2. The molecule has 0 N–H and O–H groups in total. The van der Waals surface area contributed by atoms with E-state index in [1.165, 1.54) is 17.1 Å². The molecule has 2 aliphatic rings. The molecule has 0 bridgehead atoms. The van der Waals surface area contributed by atoms with Crippen LogP contribution in [0.5, 0.6) is 0 Å². The molecule has 2 heterocycles. The summed E-state index contributed by atoms with van der Waals surface area (Å²) < 4.78 is 45.8. The van der Waals surface area contributed by atoms with Crippen molar-refractivity contribution in [1.29, 1.82) is 0 Å². The van der Waals surface area contributed by atoms with E-state index < -0.39 is 23.3 Å². The molecule has 6 nitrogen and oxygen atoms in total. The van der Waals surface area contributed by atoms with Gasteiger partial charge in [0.2, 0.25) is 0 Å². The molecule has 1 saturated heterocycles. The Balaban J connectivity index is 1.62. The van der Waals surface area contributed by atoms with Crippen LogP contribution < -0.4 is 0 Å². The number of aliphatic imine (C=N–C) groups is 1. The number of hydrogen-bond acceptors (Lipinski definition) is 4. The van der Waals surface area contributed by atoms with Crippen molar-refractivity contribution in [3.05, 3.63) is 47.9 Å². The Kier molecular flexibility index (Phi) is 6.83. The van der Waals surface area contributed by atoms with E-state index in [9.17, 15) is 18.0 Å². The van der Waals surface area contributed by atoms with E-state index >= 15 is 0 Å². The van der Waals surface area contributed by atoms with Gasteiger partial charge in [-0.05, 0) is 37.5 Å². The Morgan fingerprint density at radius 2 is 1.90 bits per heavy atom. The predicted octanol–water partition coefficient (Wildman–Crippen LogP) is 4.83. The maximum Gasteiger partial charge on any atom is 0.341 e. The number of ether oxygens (including phenoxy) is 1. The Morgan fingerprint density at radius 1 is 1.26 bits per heavy atom. The van der Waals surface area contributed by atoms with Gasteiger partial charge in [-0.2, -0.15) is 5.10 Å². The summed E-state index contributed by atoms with van der Waals surface area (Å²) in [6.45, 7) is 8.33. The highest BCUT2D eigenvalue weighted by molar-refractivity contribution is 5.94. The number of carbonyl (C=O) groups excluding carboxylic acids is 1. The first-order chi connectivity index (χ1) is 14.6. The highest BCUT2D eigenvalue weighted by atomic mass is 19.1. The molecule has 0 radical (unpaired) electrons. The second-order valence-corrected chi connectivity index (χ2v) is 8.48. The molecule has 1 aromatic carbocycles. The van der Waals surface area contributed by atoms with Gasteiger partial charge in [0.15, 0.2) is 0 Å². The van der Waals surface area contributed by atoms with Gasteiger partial charge in [-0.1, -0.05) is 13.8 Å². The van der Waals surface area contributed by atoms with Crippen LogP contribution >= 0.6 is 0 Å².